The van der Waals surface area contributed by atoms with E-state index in [4.69, 9.17) is 33.7 Å². The first-order valence-electron chi connectivity index (χ1n) is 5.16. The summed E-state index contributed by atoms with van der Waals surface area (Å²) in [5.41, 5.74) is 6.62. The maximum Gasteiger partial charge on any atom is 0.151 e. The number of anilines is 1. The molecule has 0 unspecified atom stereocenters. The first-order chi connectivity index (χ1) is 8.47. The quantitative estimate of drug-likeness (QED) is 0.803. The molecule has 0 aliphatic heterocycles. The van der Waals surface area contributed by atoms with Crippen molar-refractivity contribution in [1.29, 1.82) is 0 Å². The fourth-order valence-corrected chi connectivity index (χ4v) is 1.77. The molecule has 0 saturated heterocycles. The maximum absolute atomic E-state index is 13.1. The highest BCUT2D eigenvalue weighted by Gasteiger charge is 2.08. The molecule has 0 radical (unpaired) electrons. The van der Waals surface area contributed by atoms with E-state index in [2.05, 4.69) is 0 Å². The molecule has 2 nitrogen and oxygen atoms in total. The highest BCUT2D eigenvalue weighted by Crippen LogP contribution is 2.35. The molecule has 0 aliphatic rings. The zero-order valence-corrected chi connectivity index (χ0v) is 11.0. The van der Waals surface area contributed by atoms with Crippen molar-refractivity contribution in [2.24, 2.45) is 0 Å². The topological polar surface area (TPSA) is 35.2 Å². The zero-order chi connectivity index (χ0) is 13.3. The summed E-state index contributed by atoms with van der Waals surface area (Å²) in [5, 5.41) is 0.705. The fraction of sp³-hybridized carbons (Fsp3) is 0.0769. The predicted molar refractivity (Wildman–Crippen MR) is 72.1 cm³/mol. The third kappa shape index (κ3) is 2.68. The van der Waals surface area contributed by atoms with E-state index < -0.39 is 0 Å². The second-order valence-electron chi connectivity index (χ2n) is 3.82. The van der Waals surface area contributed by atoms with Gasteiger partial charge in [0.2, 0.25) is 0 Å². The average Bonchev–Trinajstić information content (AvgIpc) is 2.31. The summed E-state index contributed by atoms with van der Waals surface area (Å²) < 4.78 is 18.7. The molecule has 0 atom stereocenters. The van der Waals surface area contributed by atoms with Gasteiger partial charge < -0.3 is 10.5 Å². The lowest BCUT2D eigenvalue weighted by Crippen LogP contribution is -1.93. The molecule has 94 valence electrons. The van der Waals surface area contributed by atoms with Crippen molar-refractivity contribution in [3.05, 3.63) is 51.8 Å². The molecule has 0 saturated carbocycles. The van der Waals surface area contributed by atoms with Crippen molar-refractivity contribution in [3.63, 3.8) is 0 Å². The van der Waals surface area contributed by atoms with Crippen LogP contribution in [0.2, 0.25) is 10.0 Å². The smallest absolute Gasteiger partial charge is 0.151 e. The summed E-state index contributed by atoms with van der Waals surface area (Å²) >= 11 is 11.7. The standard InChI is InChI=1S/C13H10Cl2FNO/c1-7-4-8(2-3-11(7)16)18-13-6-10(15)9(14)5-12(13)17/h2-6H,17H2,1H3. The second-order valence-corrected chi connectivity index (χ2v) is 4.63. The summed E-state index contributed by atoms with van der Waals surface area (Å²) in [6.07, 6.45) is 0. The Hall–Kier alpha value is -1.45. The Morgan fingerprint density at radius 2 is 1.78 bits per heavy atom. The number of ether oxygens (including phenoxy) is 1. The van der Waals surface area contributed by atoms with Crippen LogP contribution in [-0.2, 0) is 0 Å². The van der Waals surface area contributed by atoms with Gasteiger partial charge in [-0.2, -0.15) is 0 Å². The molecule has 0 aromatic heterocycles. The van der Waals surface area contributed by atoms with Crippen molar-refractivity contribution in [1.82, 2.24) is 0 Å². The van der Waals surface area contributed by atoms with Crippen LogP contribution >= 0.6 is 23.2 Å². The van der Waals surface area contributed by atoms with Crippen molar-refractivity contribution >= 4 is 28.9 Å². The average molecular weight is 286 g/mol. The monoisotopic (exact) mass is 285 g/mol. The second kappa shape index (κ2) is 5.04. The summed E-state index contributed by atoms with van der Waals surface area (Å²) in [5.74, 6) is 0.582. The van der Waals surface area contributed by atoms with Crippen LogP contribution in [0.5, 0.6) is 11.5 Å². The van der Waals surface area contributed by atoms with Gasteiger partial charge in [-0.3, -0.25) is 0 Å². The molecular weight excluding hydrogens is 276 g/mol. The Balaban J connectivity index is 2.34. The molecule has 18 heavy (non-hydrogen) atoms. The van der Waals surface area contributed by atoms with Gasteiger partial charge in [-0.25, -0.2) is 4.39 Å². The zero-order valence-electron chi connectivity index (χ0n) is 9.51. The Morgan fingerprint density at radius 3 is 2.44 bits per heavy atom. The van der Waals surface area contributed by atoms with Crippen LogP contribution in [-0.4, -0.2) is 0 Å². The summed E-state index contributed by atoms with van der Waals surface area (Å²) in [6.45, 7) is 1.65. The molecule has 0 heterocycles. The summed E-state index contributed by atoms with van der Waals surface area (Å²) in [4.78, 5) is 0. The number of rotatable bonds is 2. The van der Waals surface area contributed by atoms with Crippen molar-refractivity contribution < 1.29 is 9.13 Å². The SMILES string of the molecule is Cc1cc(Oc2cc(Cl)c(Cl)cc2N)ccc1F. The minimum absolute atomic E-state index is 0.288. The van der Waals surface area contributed by atoms with E-state index in [0.29, 0.717) is 32.8 Å². The molecular formula is C13H10Cl2FNO. The van der Waals surface area contributed by atoms with Gasteiger partial charge in [0.05, 0.1) is 15.7 Å². The molecule has 5 heteroatoms. The fourth-order valence-electron chi connectivity index (χ4n) is 1.44. The molecule has 0 amide bonds. The van der Waals surface area contributed by atoms with Gasteiger partial charge in [0, 0.05) is 6.07 Å². The normalized spacial score (nSPS) is 10.4. The molecule has 2 aromatic carbocycles. The van der Waals surface area contributed by atoms with E-state index in [1.54, 1.807) is 13.0 Å². The van der Waals surface area contributed by atoms with E-state index in [1.807, 2.05) is 0 Å². The van der Waals surface area contributed by atoms with Gasteiger partial charge in [0.1, 0.15) is 11.6 Å². The Bertz CT molecular complexity index is 602. The van der Waals surface area contributed by atoms with E-state index in [0.717, 1.165) is 0 Å². The van der Waals surface area contributed by atoms with Crippen molar-refractivity contribution in [3.8, 4) is 11.5 Å². The van der Waals surface area contributed by atoms with Crippen LogP contribution in [0.25, 0.3) is 0 Å². The first-order valence-corrected chi connectivity index (χ1v) is 5.91. The van der Waals surface area contributed by atoms with Gasteiger partial charge >= 0.3 is 0 Å². The van der Waals surface area contributed by atoms with Gasteiger partial charge in [0.25, 0.3) is 0 Å². The number of benzene rings is 2. The number of aryl methyl sites for hydroxylation is 1. The van der Waals surface area contributed by atoms with Gasteiger partial charge in [-0.1, -0.05) is 23.2 Å². The summed E-state index contributed by atoms with van der Waals surface area (Å²) in [7, 11) is 0. The van der Waals surface area contributed by atoms with E-state index in [-0.39, 0.29) is 5.82 Å². The number of hydrogen-bond acceptors (Lipinski definition) is 2. The lowest BCUT2D eigenvalue weighted by molar-refractivity contribution is 0.482. The molecule has 0 fully saturated rings. The third-order valence-corrected chi connectivity index (χ3v) is 3.13. The predicted octanol–water partition coefficient (Wildman–Crippen LogP) is 4.82. The lowest BCUT2D eigenvalue weighted by atomic mass is 10.2. The highest BCUT2D eigenvalue weighted by atomic mass is 35.5. The number of nitrogens with two attached hydrogens (primary N) is 1. The number of hydrogen-bond donors (Lipinski definition) is 1. The van der Waals surface area contributed by atoms with E-state index in [9.17, 15) is 4.39 Å². The van der Waals surface area contributed by atoms with Crippen LogP contribution in [0.3, 0.4) is 0 Å². The Labute approximate surface area is 114 Å². The molecule has 0 spiro atoms. The van der Waals surface area contributed by atoms with E-state index in [1.165, 1.54) is 24.3 Å². The molecule has 2 rings (SSSR count). The number of halogens is 3. The molecule has 2 N–H and O–H groups in total. The van der Waals surface area contributed by atoms with Gasteiger partial charge in [-0.05, 0) is 36.8 Å². The largest absolute Gasteiger partial charge is 0.455 e. The molecule has 0 bridgehead atoms. The first kappa shape index (κ1) is 13.0. The van der Waals surface area contributed by atoms with Crippen LogP contribution in [0.15, 0.2) is 30.3 Å². The highest BCUT2D eigenvalue weighted by molar-refractivity contribution is 6.42. The van der Waals surface area contributed by atoms with Crippen LogP contribution in [0.4, 0.5) is 10.1 Å². The van der Waals surface area contributed by atoms with Crippen LogP contribution in [0.1, 0.15) is 5.56 Å². The molecule has 0 aliphatic carbocycles. The van der Waals surface area contributed by atoms with E-state index >= 15 is 0 Å². The van der Waals surface area contributed by atoms with Crippen LogP contribution in [0, 0.1) is 12.7 Å². The third-order valence-electron chi connectivity index (χ3n) is 2.41. The Kier molecular flexibility index (Phi) is 3.64. The van der Waals surface area contributed by atoms with Crippen molar-refractivity contribution in [2.45, 2.75) is 6.92 Å². The maximum atomic E-state index is 13.1. The number of nitrogen functional groups attached to an aromatic ring is 1. The minimum atomic E-state index is -0.288. The Morgan fingerprint density at radius 1 is 1.11 bits per heavy atom. The molecule has 2 aromatic rings. The van der Waals surface area contributed by atoms with Gasteiger partial charge in [-0.15, -0.1) is 0 Å². The van der Waals surface area contributed by atoms with Crippen molar-refractivity contribution in [2.75, 3.05) is 5.73 Å². The van der Waals surface area contributed by atoms with Gasteiger partial charge in [0.15, 0.2) is 5.75 Å². The lowest BCUT2D eigenvalue weighted by Gasteiger charge is -2.10. The summed E-state index contributed by atoms with van der Waals surface area (Å²) in [6, 6.07) is 7.47. The minimum Gasteiger partial charge on any atom is -0.455 e. The van der Waals surface area contributed by atoms with Crippen LogP contribution < -0.4 is 10.5 Å².